The fourth-order valence-corrected chi connectivity index (χ4v) is 1.60. The van der Waals surface area contributed by atoms with Gasteiger partial charge in [0.2, 0.25) is 0 Å². The molecule has 4 heteroatoms. The standard InChI is InChI=1S/C10H11FN2O/c1-13-9(2-3-14)5-7-4-8(11)6-12-10(7)13/h4-6,14H,2-3H2,1H3. The molecule has 0 spiro atoms. The summed E-state index contributed by atoms with van der Waals surface area (Å²) in [5.41, 5.74) is 1.70. The fourth-order valence-electron chi connectivity index (χ4n) is 1.60. The Balaban J connectivity index is 2.61. The summed E-state index contributed by atoms with van der Waals surface area (Å²) in [5, 5.41) is 9.59. The van der Waals surface area contributed by atoms with E-state index in [4.69, 9.17) is 5.11 Å². The Morgan fingerprint density at radius 2 is 2.29 bits per heavy atom. The number of aryl methyl sites for hydroxylation is 1. The quantitative estimate of drug-likeness (QED) is 0.781. The molecule has 2 aromatic heterocycles. The van der Waals surface area contributed by atoms with E-state index in [9.17, 15) is 4.39 Å². The molecule has 0 aliphatic rings. The van der Waals surface area contributed by atoms with Crippen LogP contribution in [0.5, 0.6) is 0 Å². The molecule has 3 nitrogen and oxygen atoms in total. The molecule has 0 unspecified atom stereocenters. The Bertz CT molecular complexity index is 464. The normalized spacial score (nSPS) is 11.1. The van der Waals surface area contributed by atoms with Crippen LogP contribution in [-0.2, 0) is 13.5 Å². The summed E-state index contributed by atoms with van der Waals surface area (Å²) >= 11 is 0. The molecule has 0 atom stereocenters. The zero-order chi connectivity index (χ0) is 10.1. The number of hydrogen-bond acceptors (Lipinski definition) is 2. The van der Waals surface area contributed by atoms with E-state index in [1.807, 2.05) is 17.7 Å². The van der Waals surface area contributed by atoms with E-state index in [-0.39, 0.29) is 12.4 Å². The van der Waals surface area contributed by atoms with Crippen LogP contribution in [0.1, 0.15) is 5.69 Å². The van der Waals surface area contributed by atoms with Crippen LogP contribution >= 0.6 is 0 Å². The summed E-state index contributed by atoms with van der Waals surface area (Å²) in [4.78, 5) is 3.99. The van der Waals surface area contributed by atoms with E-state index in [1.165, 1.54) is 12.3 Å². The average molecular weight is 194 g/mol. The minimum Gasteiger partial charge on any atom is -0.396 e. The Morgan fingerprint density at radius 1 is 1.50 bits per heavy atom. The maximum Gasteiger partial charge on any atom is 0.142 e. The Morgan fingerprint density at radius 3 is 3.00 bits per heavy atom. The molecule has 74 valence electrons. The smallest absolute Gasteiger partial charge is 0.142 e. The molecule has 2 heterocycles. The second-order valence-corrected chi connectivity index (χ2v) is 3.23. The van der Waals surface area contributed by atoms with Crippen molar-refractivity contribution in [1.82, 2.24) is 9.55 Å². The molecule has 0 amide bonds. The van der Waals surface area contributed by atoms with Crippen molar-refractivity contribution >= 4 is 11.0 Å². The van der Waals surface area contributed by atoms with Crippen molar-refractivity contribution in [2.75, 3.05) is 6.61 Å². The summed E-state index contributed by atoms with van der Waals surface area (Å²) in [6, 6.07) is 3.30. The van der Waals surface area contributed by atoms with Crippen LogP contribution in [0.4, 0.5) is 4.39 Å². The van der Waals surface area contributed by atoms with Gasteiger partial charge in [0.05, 0.1) is 6.20 Å². The van der Waals surface area contributed by atoms with Gasteiger partial charge >= 0.3 is 0 Å². The second kappa shape index (κ2) is 3.38. The Kier molecular flexibility index (Phi) is 2.21. The van der Waals surface area contributed by atoms with Gasteiger partial charge in [-0.15, -0.1) is 0 Å². The minimum atomic E-state index is -0.335. The number of rotatable bonds is 2. The van der Waals surface area contributed by atoms with Gasteiger partial charge < -0.3 is 9.67 Å². The van der Waals surface area contributed by atoms with Crippen LogP contribution in [0.2, 0.25) is 0 Å². The van der Waals surface area contributed by atoms with E-state index in [2.05, 4.69) is 4.98 Å². The van der Waals surface area contributed by atoms with Gasteiger partial charge in [-0.1, -0.05) is 0 Å². The molecular weight excluding hydrogens is 183 g/mol. The molecule has 0 radical (unpaired) electrons. The predicted molar refractivity (Wildman–Crippen MR) is 51.5 cm³/mol. The number of fused-ring (bicyclic) bond motifs is 1. The van der Waals surface area contributed by atoms with Crippen LogP contribution in [-0.4, -0.2) is 21.3 Å². The third-order valence-corrected chi connectivity index (χ3v) is 2.30. The zero-order valence-corrected chi connectivity index (χ0v) is 7.87. The second-order valence-electron chi connectivity index (χ2n) is 3.23. The first-order valence-corrected chi connectivity index (χ1v) is 4.43. The van der Waals surface area contributed by atoms with Gasteiger partial charge in [0.1, 0.15) is 11.5 Å². The van der Waals surface area contributed by atoms with Crippen molar-refractivity contribution in [2.24, 2.45) is 7.05 Å². The molecule has 2 rings (SSSR count). The highest BCUT2D eigenvalue weighted by molar-refractivity contribution is 5.77. The lowest BCUT2D eigenvalue weighted by molar-refractivity contribution is 0.297. The summed E-state index contributed by atoms with van der Waals surface area (Å²) in [7, 11) is 1.86. The zero-order valence-electron chi connectivity index (χ0n) is 7.87. The first kappa shape index (κ1) is 9.15. The SMILES string of the molecule is Cn1c(CCO)cc2cc(F)cnc21. The van der Waals surface area contributed by atoms with Gasteiger partial charge in [-0.05, 0) is 12.1 Å². The van der Waals surface area contributed by atoms with Crippen LogP contribution in [0.15, 0.2) is 18.3 Å². The Labute approximate surface area is 80.8 Å². The van der Waals surface area contributed by atoms with Gasteiger partial charge in [-0.25, -0.2) is 9.37 Å². The van der Waals surface area contributed by atoms with E-state index < -0.39 is 0 Å². The minimum absolute atomic E-state index is 0.0899. The molecule has 0 saturated heterocycles. The van der Waals surface area contributed by atoms with Crippen molar-refractivity contribution in [2.45, 2.75) is 6.42 Å². The molecule has 14 heavy (non-hydrogen) atoms. The van der Waals surface area contributed by atoms with E-state index in [0.717, 1.165) is 16.7 Å². The first-order valence-electron chi connectivity index (χ1n) is 4.43. The summed E-state index contributed by atoms with van der Waals surface area (Å²) in [5.74, 6) is -0.335. The molecule has 1 N–H and O–H groups in total. The molecule has 0 saturated carbocycles. The summed E-state index contributed by atoms with van der Waals surface area (Å²) in [6.45, 7) is 0.0899. The van der Waals surface area contributed by atoms with Crippen LogP contribution < -0.4 is 0 Å². The molecule has 0 aliphatic carbocycles. The number of aliphatic hydroxyl groups is 1. The third kappa shape index (κ3) is 1.37. The molecule has 0 aromatic carbocycles. The van der Waals surface area contributed by atoms with Gasteiger partial charge in [-0.2, -0.15) is 0 Å². The van der Waals surface area contributed by atoms with Crippen molar-refractivity contribution < 1.29 is 9.50 Å². The number of aliphatic hydroxyl groups excluding tert-OH is 1. The van der Waals surface area contributed by atoms with Gasteiger partial charge in [0.25, 0.3) is 0 Å². The highest BCUT2D eigenvalue weighted by atomic mass is 19.1. The van der Waals surface area contributed by atoms with E-state index >= 15 is 0 Å². The number of nitrogens with zero attached hydrogens (tertiary/aromatic N) is 2. The topological polar surface area (TPSA) is 38.0 Å². The van der Waals surface area contributed by atoms with Crippen LogP contribution in [0, 0.1) is 5.82 Å². The lowest BCUT2D eigenvalue weighted by atomic mass is 10.3. The van der Waals surface area contributed by atoms with Crippen LogP contribution in [0.3, 0.4) is 0 Å². The third-order valence-electron chi connectivity index (χ3n) is 2.30. The molecule has 2 aromatic rings. The maximum atomic E-state index is 12.8. The van der Waals surface area contributed by atoms with Crippen LogP contribution in [0.25, 0.3) is 11.0 Å². The average Bonchev–Trinajstić information content (AvgIpc) is 2.44. The highest BCUT2D eigenvalue weighted by Crippen LogP contribution is 2.17. The molecule has 0 aliphatic heterocycles. The number of halogens is 1. The largest absolute Gasteiger partial charge is 0.396 e. The highest BCUT2D eigenvalue weighted by Gasteiger charge is 2.06. The number of hydrogen-bond donors (Lipinski definition) is 1. The summed E-state index contributed by atoms with van der Waals surface area (Å²) in [6.07, 6.45) is 1.76. The maximum absolute atomic E-state index is 12.8. The van der Waals surface area contributed by atoms with E-state index in [1.54, 1.807) is 0 Å². The number of pyridine rings is 1. The molecule has 0 bridgehead atoms. The number of aromatic nitrogens is 2. The van der Waals surface area contributed by atoms with Gasteiger partial charge in [0.15, 0.2) is 0 Å². The molecule has 0 fully saturated rings. The fraction of sp³-hybridized carbons (Fsp3) is 0.300. The van der Waals surface area contributed by atoms with Crippen molar-refractivity contribution in [3.8, 4) is 0 Å². The van der Waals surface area contributed by atoms with Crippen molar-refractivity contribution in [1.29, 1.82) is 0 Å². The molecular formula is C10H11FN2O. The van der Waals surface area contributed by atoms with E-state index in [0.29, 0.717) is 6.42 Å². The lowest BCUT2D eigenvalue weighted by Crippen LogP contribution is -1.99. The monoisotopic (exact) mass is 194 g/mol. The van der Waals surface area contributed by atoms with Crippen molar-refractivity contribution in [3.63, 3.8) is 0 Å². The Hall–Kier alpha value is -1.42. The van der Waals surface area contributed by atoms with Crippen molar-refractivity contribution in [3.05, 3.63) is 29.8 Å². The van der Waals surface area contributed by atoms with Gasteiger partial charge in [0, 0.05) is 31.2 Å². The summed E-state index contributed by atoms with van der Waals surface area (Å²) < 4.78 is 14.7. The predicted octanol–water partition coefficient (Wildman–Crippen LogP) is 1.25. The first-order chi connectivity index (χ1) is 6.72. The lowest BCUT2D eigenvalue weighted by Gasteiger charge is -2.00. The van der Waals surface area contributed by atoms with Gasteiger partial charge in [-0.3, -0.25) is 0 Å².